The molecule has 0 heterocycles. The molecule has 0 spiro atoms. The molecule has 0 saturated heterocycles. The number of primary amides is 1. The summed E-state index contributed by atoms with van der Waals surface area (Å²) < 4.78 is 5.37. The van der Waals surface area contributed by atoms with Crippen molar-refractivity contribution in [3.8, 4) is 0 Å². The molecule has 0 aromatic heterocycles. The Labute approximate surface area is 80.6 Å². The van der Waals surface area contributed by atoms with Crippen LogP contribution in [0, 0.1) is 11.8 Å². The number of carbonyl (C=O) groups is 1. The SMILES string of the molecule is CC(C)COCCCC(C)C(N)=O. The Kier molecular flexibility index (Phi) is 6.59. The second kappa shape index (κ2) is 6.89. The van der Waals surface area contributed by atoms with E-state index in [1.54, 1.807) is 0 Å². The van der Waals surface area contributed by atoms with Crippen LogP contribution in [0.3, 0.4) is 0 Å². The zero-order chi connectivity index (χ0) is 10.3. The molecule has 1 amide bonds. The van der Waals surface area contributed by atoms with Crippen molar-refractivity contribution in [1.29, 1.82) is 0 Å². The fourth-order valence-corrected chi connectivity index (χ4v) is 0.953. The summed E-state index contributed by atoms with van der Waals surface area (Å²) in [6.45, 7) is 7.61. The van der Waals surface area contributed by atoms with Gasteiger partial charge in [0.2, 0.25) is 5.91 Å². The van der Waals surface area contributed by atoms with E-state index in [1.165, 1.54) is 0 Å². The van der Waals surface area contributed by atoms with Crippen molar-refractivity contribution < 1.29 is 9.53 Å². The highest BCUT2D eigenvalue weighted by molar-refractivity contribution is 5.76. The van der Waals surface area contributed by atoms with E-state index >= 15 is 0 Å². The first kappa shape index (κ1) is 12.4. The van der Waals surface area contributed by atoms with Crippen molar-refractivity contribution in [2.75, 3.05) is 13.2 Å². The molecule has 0 rings (SSSR count). The van der Waals surface area contributed by atoms with Gasteiger partial charge in [0.15, 0.2) is 0 Å². The molecule has 0 aromatic rings. The Balaban J connectivity index is 3.21. The summed E-state index contributed by atoms with van der Waals surface area (Å²) in [6.07, 6.45) is 1.74. The number of carbonyl (C=O) groups excluding carboxylic acids is 1. The smallest absolute Gasteiger partial charge is 0.220 e. The molecule has 0 aliphatic rings. The molecule has 3 nitrogen and oxygen atoms in total. The van der Waals surface area contributed by atoms with Crippen LogP contribution in [0.15, 0.2) is 0 Å². The summed E-state index contributed by atoms with van der Waals surface area (Å²) in [5.74, 6) is 0.333. The van der Waals surface area contributed by atoms with E-state index in [1.807, 2.05) is 6.92 Å². The normalized spacial score (nSPS) is 13.2. The lowest BCUT2D eigenvalue weighted by molar-refractivity contribution is -0.121. The minimum atomic E-state index is -0.219. The molecule has 0 aromatic carbocycles. The molecular weight excluding hydrogens is 166 g/mol. The van der Waals surface area contributed by atoms with E-state index in [4.69, 9.17) is 10.5 Å². The van der Waals surface area contributed by atoms with Crippen molar-refractivity contribution in [1.82, 2.24) is 0 Å². The van der Waals surface area contributed by atoms with Crippen LogP contribution < -0.4 is 5.73 Å². The summed E-state index contributed by atoms with van der Waals surface area (Å²) >= 11 is 0. The van der Waals surface area contributed by atoms with Crippen LogP contribution in [0.1, 0.15) is 33.6 Å². The third kappa shape index (κ3) is 7.78. The van der Waals surface area contributed by atoms with Crippen LogP contribution in [-0.2, 0) is 9.53 Å². The lowest BCUT2D eigenvalue weighted by Gasteiger charge is -2.08. The van der Waals surface area contributed by atoms with Gasteiger partial charge in [0.05, 0.1) is 0 Å². The Bertz CT molecular complexity index is 146. The topological polar surface area (TPSA) is 52.3 Å². The molecule has 0 saturated carbocycles. The van der Waals surface area contributed by atoms with Crippen molar-refractivity contribution in [3.63, 3.8) is 0 Å². The van der Waals surface area contributed by atoms with Gasteiger partial charge in [-0.2, -0.15) is 0 Å². The minimum absolute atomic E-state index is 0.0253. The van der Waals surface area contributed by atoms with Gasteiger partial charge >= 0.3 is 0 Å². The molecule has 78 valence electrons. The largest absolute Gasteiger partial charge is 0.381 e. The predicted molar refractivity (Wildman–Crippen MR) is 53.2 cm³/mol. The fourth-order valence-electron chi connectivity index (χ4n) is 0.953. The number of ether oxygens (including phenoxy) is 1. The Morgan fingerprint density at radius 2 is 2.00 bits per heavy atom. The Hall–Kier alpha value is -0.570. The summed E-state index contributed by atoms with van der Waals surface area (Å²) in [4.78, 5) is 10.7. The van der Waals surface area contributed by atoms with Gasteiger partial charge in [-0.25, -0.2) is 0 Å². The highest BCUT2D eigenvalue weighted by Gasteiger charge is 2.07. The van der Waals surface area contributed by atoms with Crippen LogP contribution in [0.25, 0.3) is 0 Å². The van der Waals surface area contributed by atoms with E-state index in [0.717, 1.165) is 26.1 Å². The predicted octanol–water partition coefficient (Wildman–Crippen LogP) is 1.56. The molecule has 0 bridgehead atoms. The van der Waals surface area contributed by atoms with Crippen molar-refractivity contribution in [3.05, 3.63) is 0 Å². The maximum atomic E-state index is 10.7. The maximum absolute atomic E-state index is 10.7. The number of hydrogen-bond donors (Lipinski definition) is 1. The molecule has 0 fully saturated rings. The highest BCUT2D eigenvalue weighted by Crippen LogP contribution is 2.04. The molecule has 0 aliphatic heterocycles. The second-order valence-electron chi connectivity index (χ2n) is 3.91. The van der Waals surface area contributed by atoms with Gasteiger partial charge in [0.25, 0.3) is 0 Å². The molecule has 0 radical (unpaired) electrons. The average molecular weight is 187 g/mol. The second-order valence-corrected chi connectivity index (χ2v) is 3.91. The molecule has 1 unspecified atom stereocenters. The molecule has 3 heteroatoms. The lowest BCUT2D eigenvalue weighted by Crippen LogP contribution is -2.20. The van der Waals surface area contributed by atoms with Gasteiger partial charge in [-0.05, 0) is 18.8 Å². The van der Waals surface area contributed by atoms with Gasteiger partial charge < -0.3 is 10.5 Å². The quantitative estimate of drug-likeness (QED) is 0.615. The summed E-state index contributed by atoms with van der Waals surface area (Å²) in [5.41, 5.74) is 5.12. The zero-order valence-electron chi connectivity index (χ0n) is 8.88. The van der Waals surface area contributed by atoms with Crippen LogP contribution in [0.4, 0.5) is 0 Å². The molecule has 13 heavy (non-hydrogen) atoms. The Morgan fingerprint density at radius 3 is 2.46 bits per heavy atom. The summed E-state index contributed by atoms with van der Waals surface area (Å²) in [7, 11) is 0. The van der Waals surface area contributed by atoms with E-state index in [9.17, 15) is 4.79 Å². The Morgan fingerprint density at radius 1 is 1.38 bits per heavy atom. The molecule has 0 aliphatic carbocycles. The monoisotopic (exact) mass is 187 g/mol. The molecule has 2 N–H and O–H groups in total. The molecule has 1 atom stereocenters. The first-order chi connectivity index (χ1) is 6.04. The maximum Gasteiger partial charge on any atom is 0.220 e. The number of rotatable bonds is 7. The van der Waals surface area contributed by atoms with Crippen LogP contribution in [-0.4, -0.2) is 19.1 Å². The van der Waals surface area contributed by atoms with Crippen LogP contribution in [0.5, 0.6) is 0 Å². The standard InChI is InChI=1S/C10H21NO2/c1-8(2)7-13-6-4-5-9(3)10(11)12/h8-9H,4-7H2,1-3H3,(H2,11,12). The third-order valence-electron chi connectivity index (χ3n) is 1.86. The van der Waals surface area contributed by atoms with E-state index in [-0.39, 0.29) is 11.8 Å². The van der Waals surface area contributed by atoms with Crippen molar-refractivity contribution in [2.24, 2.45) is 17.6 Å². The van der Waals surface area contributed by atoms with E-state index < -0.39 is 0 Å². The number of hydrogen-bond acceptors (Lipinski definition) is 2. The van der Waals surface area contributed by atoms with E-state index in [2.05, 4.69) is 13.8 Å². The summed E-state index contributed by atoms with van der Waals surface area (Å²) in [5, 5.41) is 0. The number of nitrogens with two attached hydrogens (primary N) is 1. The fraction of sp³-hybridized carbons (Fsp3) is 0.900. The van der Waals surface area contributed by atoms with Gasteiger partial charge in [-0.3, -0.25) is 4.79 Å². The lowest BCUT2D eigenvalue weighted by atomic mass is 10.1. The van der Waals surface area contributed by atoms with E-state index in [0.29, 0.717) is 5.92 Å². The zero-order valence-corrected chi connectivity index (χ0v) is 8.88. The minimum Gasteiger partial charge on any atom is -0.381 e. The summed E-state index contributed by atoms with van der Waals surface area (Å²) in [6, 6.07) is 0. The highest BCUT2D eigenvalue weighted by atomic mass is 16.5. The third-order valence-corrected chi connectivity index (χ3v) is 1.86. The van der Waals surface area contributed by atoms with Gasteiger partial charge in [-0.15, -0.1) is 0 Å². The van der Waals surface area contributed by atoms with Crippen LogP contribution in [0.2, 0.25) is 0 Å². The first-order valence-corrected chi connectivity index (χ1v) is 4.91. The number of amides is 1. The van der Waals surface area contributed by atoms with Gasteiger partial charge in [0, 0.05) is 19.1 Å². The average Bonchev–Trinajstić information content (AvgIpc) is 2.02. The van der Waals surface area contributed by atoms with Crippen molar-refractivity contribution in [2.45, 2.75) is 33.6 Å². The van der Waals surface area contributed by atoms with Crippen molar-refractivity contribution >= 4 is 5.91 Å². The van der Waals surface area contributed by atoms with Gasteiger partial charge in [0.1, 0.15) is 0 Å². The van der Waals surface area contributed by atoms with Crippen LogP contribution >= 0.6 is 0 Å². The molecular formula is C10H21NO2. The van der Waals surface area contributed by atoms with Gasteiger partial charge in [-0.1, -0.05) is 20.8 Å². The first-order valence-electron chi connectivity index (χ1n) is 4.91.